The lowest BCUT2D eigenvalue weighted by Crippen LogP contribution is -2.63. The van der Waals surface area contributed by atoms with E-state index in [9.17, 15) is 5.11 Å². The van der Waals surface area contributed by atoms with E-state index in [1.54, 1.807) is 0 Å². The molecule has 2 fully saturated rings. The first kappa shape index (κ1) is 21.8. The summed E-state index contributed by atoms with van der Waals surface area (Å²) in [6.07, 6.45) is 17.7. The molecule has 0 saturated heterocycles. The van der Waals surface area contributed by atoms with Crippen LogP contribution in [0.5, 0.6) is 0 Å². The third kappa shape index (κ3) is 2.50. The summed E-state index contributed by atoms with van der Waals surface area (Å²) in [7, 11) is 0. The van der Waals surface area contributed by atoms with E-state index in [-0.39, 0.29) is 21.7 Å². The van der Waals surface area contributed by atoms with E-state index in [1.165, 1.54) is 31.3 Å². The molecule has 0 radical (unpaired) electrons. The van der Waals surface area contributed by atoms with Crippen LogP contribution in [0.4, 0.5) is 0 Å². The zero-order valence-electron chi connectivity index (χ0n) is 21.4. The highest BCUT2D eigenvalue weighted by molar-refractivity contribution is 5.40. The SMILES string of the molecule is C[C@@H]1[C@H]2[C@H]3CC[C@@H]4[C@@]5(C)CC=C(O)C(C)(C)C5=CC[C@@]4(C)[C@]3(C)C=C[C@@]2(C)CC[C@H]1C. The zero-order valence-corrected chi connectivity index (χ0v) is 21.4. The monoisotopic (exact) mass is 422 g/mol. The van der Waals surface area contributed by atoms with Gasteiger partial charge < -0.3 is 5.11 Å². The number of aliphatic hydroxyl groups excluding tert-OH is 1. The minimum atomic E-state index is -0.222. The quantitative estimate of drug-likeness (QED) is 0.388. The first-order chi connectivity index (χ1) is 14.3. The van der Waals surface area contributed by atoms with Crippen LogP contribution in [0.3, 0.4) is 0 Å². The summed E-state index contributed by atoms with van der Waals surface area (Å²) >= 11 is 0. The largest absolute Gasteiger partial charge is 0.512 e. The molecule has 0 aromatic carbocycles. The Morgan fingerprint density at radius 2 is 1.58 bits per heavy atom. The van der Waals surface area contributed by atoms with Gasteiger partial charge in [0, 0.05) is 5.41 Å². The smallest absolute Gasteiger partial charge is 0.0979 e. The molecular weight excluding hydrogens is 376 g/mol. The van der Waals surface area contributed by atoms with Crippen LogP contribution in [0.15, 0.2) is 35.6 Å². The van der Waals surface area contributed by atoms with Gasteiger partial charge in [-0.3, -0.25) is 0 Å². The minimum Gasteiger partial charge on any atom is -0.512 e. The number of aliphatic hydroxyl groups is 1. The molecule has 1 heteroatoms. The molecule has 5 aliphatic carbocycles. The van der Waals surface area contributed by atoms with Gasteiger partial charge in [0.25, 0.3) is 0 Å². The summed E-state index contributed by atoms with van der Waals surface area (Å²) in [5.41, 5.74) is 2.37. The van der Waals surface area contributed by atoms with Crippen LogP contribution in [-0.4, -0.2) is 5.11 Å². The molecule has 1 N–H and O–H groups in total. The molecule has 2 saturated carbocycles. The van der Waals surface area contributed by atoms with E-state index in [0.29, 0.717) is 17.1 Å². The lowest BCUT2D eigenvalue weighted by Gasteiger charge is -2.70. The molecular formula is C30H46O. The lowest BCUT2D eigenvalue weighted by atomic mass is 9.34. The Hall–Kier alpha value is -0.980. The molecule has 5 aliphatic rings. The average Bonchev–Trinajstić information content (AvgIpc) is 2.69. The number of allylic oxidation sites excluding steroid dienone is 5. The van der Waals surface area contributed by atoms with Crippen molar-refractivity contribution in [3.05, 3.63) is 35.6 Å². The molecule has 1 nitrogen and oxygen atoms in total. The maximum absolute atomic E-state index is 10.7. The van der Waals surface area contributed by atoms with Gasteiger partial charge >= 0.3 is 0 Å². The molecule has 0 heterocycles. The van der Waals surface area contributed by atoms with Gasteiger partial charge in [-0.15, -0.1) is 0 Å². The summed E-state index contributed by atoms with van der Waals surface area (Å²) < 4.78 is 0. The molecule has 31 heavy (non-hydrogen) atoms. The third-order valence-corrected chi connectivity index (χ3v) is 12.3. The van der Waals surface area contributed by atoms with Gasteiger partial charge in [0.05, 0.1) is 5.76 Å². The lowest BCUT2D eigenvalue weighted by molar-refractivity contribution is -0.155. The first-order valence-corrected chi connectivity index (χ1v) is 13.1. The second-order valence-electron chi connectivity index (χ2n) is 13.8. The molecule has 172 valence electrons. The van der Waals surface area contributed by atoms with Gasteiger partial charge in [-0.1, -0.05) is 65.3 Å². The molecule has 0 aliphatic heterocycles. The van der Waals surface area contributed by atoms with Crippen LogP contribution < -0.4 is 0 Å². The Bertz CT molecular complexity index is 875. The van der Waals surface area contributed by atoms with Crippen molar-refractivity contribution in [3.8, 4) is 0 Å². The summed E-state index contributed by atoms with van der Waals surface area (Å²) in [4.78, 5) is 0. The van der Waals surface area contributed by atoms with Gasteiger partial charge in [-0.05, 0) is 110 Å². The van der Waals surface area contributed by atoms with Crippen molar-refractivity contribution in [1.29, 1.82) is 0 Å². The highest BCUT2D eigenvalue weighted by Crippen LogP contribution is 2.74. The van der Waals surface area contributed by atoms with E-state index in [0.717, 1.165) is 36.5 Å². The van der Waals surface area contributed by atoms with Crippen molar-refractivity contribution in [2.45, 2.75) is 93.9 Å². The zero-order chi connectivity index (χ0) is 22.6. The van der Waals surface area contributed by atoms with Crippen LogP contribution in [0.2, 0.25) is 0 Å². The maximum atomic E-state index is 10.7. The summed E-state index contributed by atoms with van der Waals surface area (Å²) in [6, 6.07) is 0. The van der Waals surface area contributed by atoms with Crippen molar-refractivity contribution in [3.63, 3.8) is 0 Å². The fraction of sp³-hybridized carbons (Fsp3) is 0.800. The molecule has 0 aromatic heterocycles. The third-order valence-electron chi connectivity index (χ3n) is 12.3. The Morgan fingerprint density at radius 3 is 2.29 bits per heavy atom. The highest BCUT2D eigenvalue weighted by Gasteiger charge is 2.66. The van der Waals surface area contributed by atoms with E-state index in [4.69, 9.17) is 0 Å². The van der Waals surface area contributed by atoms with Crippen molar-refractivity contribution in [2.75, 3.05) is 0 Å². The number of hydrogen-bond donors (Lipinski definition) is 1. The van der Waals surface area contributed by atoms with E-state index in [2.05, 4.69) is 79.7 Å². The molecule has 0 amide bonds. The summed E-state index contributed by atoms with van der Waals surface area (Å²) in [5, 5.41) is 10.7. The number of rotatable bonds is 0. The summed E-state index contributed by atoms with van der Waals surface area (Å²) in [5.74, 6) is 4.52. The number of fused-ring (bicyclic) bond motifs is 7. The molecule has 0 aromatic rings. The molecule has 0 spiro atoms. The van der Waals surface area contributed by atoms with Crippen LogP contribution in [-0.2, 0) is 0 Å². The Kier molecular flexibility index (Phi) is 4.46. The maximum Gasteiger partial charge on any atom is 0.0979 e. The van der Waals surface area contributed by atoms with Gasteiger partial charge in [-0.2, -0.15) is 0 Å². The standard InChI is InChI=1S/C30H46O/c1-19-11-14-27(5)17-18-29(7)21(25(27)20(19)2)9-10-23-28(6)15-13-24(31)26(3,4)22(28)12-16-30(23,29)8/h12-13,17-21,23,25,31H,9-11,14-16H2,1-8H3/t19-,20+,21-,23-,25+,27-,28+,29-,30-/m1/s1. The van der Waals surface area contributed by atoms with Crippen molar-refractivity contribution in [1.82, 2.24) is 0 Å². The Balaban J connectivity index is 1.62. The average molecular weight is 423 g/mol. The fourth-order valence-corrected chi connectivity index (χ4v) is 9.98. The molecule has 0 unspecified atom stereocenters. The Morgan fingerprint density at radius 1 is 0.871 bits per heavy atom. The van der Waals surface area contributed by atoms with Gasteiger partial charge in [-0.25, -0.2) is 0 Å². The van der Waals surface area contributed by atoms with Crippen LogP contribution in [0.1, 0.15) is 93.9 Å². The molecule has 9 atom stereocenters. The predicted molar refractivity (Wildman–Crippen MR) is 131 cm³/mol. The first-order valence-electron chi connectivity index (χ1n) is 13.1. The molecule has 5 rings (SSSR count). The molecule has 0 bridgehead atoms. The highest BCUT2D eigenvalue weighted by atomic mass is 16.3. The number of hydrogen-bond acceptors (Lipinski definition) is 1. The van der Waals surface area contributed by atoms with Crippen molar-refractivity contribution >= 4 is 0 Å². The van der Waals surface area contributed by atoms with Crippen molar-refractivity contribution in [2.24, 2.45) is 56.7 Å². The van der Waals surface area contributed by atoms with Gasteiger partial charge in [0.15, 0.2) is 0 Å². The van der Waals surface area contributed by atoms with E-state index in [1.807, 2.05) is 0 Å². The minimum absolute atomic E-state index is 0.163. The van der Waals surface area contributed by atoms with Gasteiger partial charge in [0.2, 0.25) is 0 Å². The van der Waals surface area contributed by atoms with Crippen LogP contribution in [0.25, 0.3) is 0 Å². The van der Waals surface area contributed by atoms with Crippen molar-refractivity contribution < 1.29 is 5.11 Å². The van der Waals surface area contributed by atoms with E-state index < -0.39 is 0 Å². The van der Waals surface area contributed by atoms with Crippen LogP contribution >= 0.6 is 0 Å². The summed E-state index contributed by atoms with van der Waals surface area (Å²) in [6.45, 7) is 19.9. The predicted octanol–water partition coefficient (Wildman–Crippen LogP) is 8.49. The second-order valence-corrected chi connectivity index (χ2v) is 13.8. The van der Waals surface area contributed by atoms with E-state index >= 15 is 0 Å². The second kappa shape index (κ2) is 6.32. The van der Waals surface area contributed by atoms with Crippen LogP contribution in [0, 0.1) is 56.7 Å². The van der Waals surface area contributed by atoms with Gasteiger partial charge in [0.1, 0.15) is 0 Å². The normalized spacial score (nSPS) is 55.2. The fourth-order valence-electron chi connectivity index (χ4n) is 9.98. The topological polar surface area (TPSA) is 20.2 Å². The Labute approximate surface area is 191 Å².